The lowest BCUT2D eigenvalue weighted by atomic mass is 10.1. The van der Waals surface area contributed by atoms with Crippen LogP contribution in [0, 0.1) is 0 Å². The number of Topliss-reactive ketones (excluding diaryl/α,β-unsaturated/α-hetero) is 2. The van der Waals surface area contributed by atoms with E-state index >= 15 is 0 Å². The van der Waals surface area contributed by atoms with E-state index in [4.69, 9.17) is 0 Å². The minimum absolute atomic E-state index is 0.0467. The van der Waals surface area contributed by atoms with Crippen LogP contribution in [-0.4, -0.2) is 49.6 Å². The Labute approximate surface area is 173 Å². The fourth-order valence-corrected chi connectivity index (χ4v) is 3.59. The van der Waals surface area contributed by atoms with E-state index in [0.29, 0.717) is 37.1 Å². The number of benzene rings is 2. The van der Waals surface area contributed by atoms with Crippen LogP contribution in [0.1, 0.15) is 31.8 Å². The maximum Gasteiger partial charge on any atom is 0.228 e. The number of hydrogen-bond donors (Lipinski definition) is 4. The molecule has 4 rings (SSSR count). The predicted octanol–water partition coefficient (Wildman–Crippen LogP) is 0.921. The Balaban J connectivity index is 1.16. The molecule has 2 aromatic rings. The van der Waals surface area contributed by atoms with Gasteiger partial charge in [0, 0.05) is 35.6 Å². The summed E-state index contributed by atoms with van der Waals surface area (Å²) in [6.45, 7) is 1.43. The first kappa shape index (κ1) is 19.9. The molecular weight excluding hydrogens is 384 g/mol. The summed E-state index contributed by atoms with van der Waals surface area (Å²) in [5.41, 5.74) is 4.38. The molecule has 8 nitrogen and oxygen atoms in total. The smallest absolute Gasteiger partial charge is 0.228 e. The van der Waals surface area contributed by atoms with E-state index in [2.05, 4.69) is 21.3 Å². The molecule has 0 saturated heterocycles. The Kier molecular flexibility index (Phi) is 5.69. The van der Waals surface area contributed by atoms with Gasteiger partial charge in [-0.3, -0.25) is 19.2 Å². The van der Waals surface area contributed by atoms with Crippen LogP contribution in [0.2, 0.25) is 0 Å². The van der Waals surface area contributed by atoms with Crippen molar-refractivity contribution >= 4 is 34.8 Å². The molecular formula is C22H22N4O4. The molecule has 2 aliphatic rings. The van der Waals surface area contributed by atoms with Crippen molar-refractivity contribution in [2.45, 2.75) is 12.8 Å². The average molecular weight is 406 g/mol. The van der Waals surface area contributed by atoms with E-state index in [0.717, 1.165) is 22.5 Å². The van der Waals surface area contributed by atoms with Gasteiger partial charge in [0.15, 0.2) is 11.6 Å². The highest BCUT2D eigenvalue weighted by Crippen LogP contribution is 2.24. The number of ketones is 2. The molecule has 0 saturated carbocycles. The SMILES string of the molecule is O=C1Cc2cc(C(=O)CNCCNCC(=O)c3ccc4c(c3)CC(=O)N4)ccc2N1. The van der Waals surface area contributed by atoms with Crippen LogP contribution in [0.3, 0.4) is 0 Å². The van der Waals surface area contributed by atoms with E-state index in [1.807, 2.05) is 0 Å². The molecule has 0 spiro atoms. The second-order valence-electron chi connectivity index (χ2n) is 7.39. The molecule has 2 amide bonds. The van der Waals surface area contributed by atoms with Gasteiger partial charge in [0.05, 0.1) is 25.9 Å². The van der Waals surface area contributed by atoms with Crippen LogP contribution in [-0.2, 0) is 22.4 Å². The number of amides is 2. The molecule has 0 atom stereocenters. The minimum Gasteiger partial charge on any atom is -0.326 e. The minimum atomic E-state index is -0.0570. The van der Waals surface area contributed by atoms with E-state index in [9.17, 15) is 19.2 Å². The standard InChI is InChI=1S/C22H22N4O4/c27-19(13-1-3-17-15(7-13)9-21(29)25-17)11-23-5-6-24-12-20(28)14-2-4-18-16(8-14)10-22(30)26-18/h1-4,7-8,23-24H,5-6,9-12H2,(H,25,29)(H,26,30). The monoisotopic (exact) mass is 406 g/mol. The summed E-state index contributed by atoms with van der Waals surface area (Å²) in [5.74, 6) is -0.208. The molecule has 8 heteroatoms. The maximum absolute atomic E-state index is 12.3. The van der Waals surface area contributed by atoms with Gasteiger partial charge < -0.3 is 21.3 Å². The second-order valence-corrected chi connectivity index (χ2v) is 7.39. The third-order valence-corrected chi connectivity index (χ3v) is 5.15. The fourth-order valence-electron chi connectivity index (χ4n) is 3.59. The molecule has 0 unspecified atom stereocenters. The molecule has 30 heavy (non-hydrogen) atoms. The van der Waals surface area contributed by atoms with E-state index < -0.39 is 0 Å². The van der Waals surface area contributed by atoms with Crippen molar-refractivity contribution in [3.05, 3.63) is 58.7 Å². The average Bonchev–Trinajstić information content (AvgIpc) is 3.28. The molecule has 0 aliphatic carbocycles. The molecule has 2 aliphatic heterocycles. The normalized spacial score (nSPS) is 14.1. The number of anilines is 2. The number of carbonyl (C=O) groups is 4. The van der Waals surface area contributed by atoms with Crippen molar-refractivity contribution < 1.29 is 19.2 Å². The van der Waals surface area contributed by atoms with Crippen molar-refractivity contribution in [3.8, 4) is 0 Å². The van der Waals surface area contributed by atoms with Gasteiger partial charge in [-0.05, 0) is 47.5 Å². The van der Waals surface area contributed by atoms with Gasteiger partial charge in [0.25, 0.3) is 0 Å². The molecule has 4 N–H and O–H groups in total. The molecule has 154 valence electrons. The summed E-state index contributed by atoms with van der Waals surface area (Å²) >= 11 is 0. The van der Waals surface area contributed by atoms with Crippen molar-refractivity contribution in [1.29, 1.82) is 0 Å². The summed E-state index contributed by atoms with van der Waals surface area (Å²) in [4.78, 5) is 47.4. The maximum atomic E-state index is 12.3. The Morgan fingerprint density at radius 1 is 0.733 bits per heavy atom. The van der Waals surface area contributed by atoms with Gasteiger partial charge in [0.2, 0.25) is 11.8 Å². The van der Waals surface area contributed by atoms with Gasteiger partial charge in [-0.15, -0.1) is 0 Å². The quantitative estimate of drug-likeness (QED) is 0.364. The highest BCUT2D eigenvalue weighted by molar-refractivity contribution is 6.03. The van der Waals surface area contributed by atoms with Gasteiger partial charge in [0.1, 0.15) is 0 Å². The molecule has 2 aromatic carbocycles. The summed E-state index contributed by atoms with van der Waals surface area (Å²) in [7, 11) is 0. The van der Waals surface area contributed by atoms with Crippen molar-refractivity contribution in [2.24, 2.45) is 0 Å². The van der Waals surface area contributed by atoms with Gasteiger partial charge in [-0.1, -0.05) is 0 Å². The summed E-state index contributed by atoms with van der Waals surface area (Å²) in [6, 6.07) is 10.5. The molecule has 0 aromatic heterocycles. The Hall–Kier alpha value is -3.36. The fraction of sp³-hybridized carbons (Fsp3) is 0.273. The van der Waals surface area contributed by atoms with Crippen LogP contribution in [0.5, 0.6) is 0 Å². The number of carbonyl (C=O) groups excluding carboxylic acids is 4. The topological polar surface area (TPSA) is 116 Å². The lowest BCUT2D eigenvalue weighted by molar-refractivity contribution is -0.115. The lowest BCUT2D eigenvalue weighted by Crippen LogP contribution is -2.33. The van der Waals surface area contributed by atoms with Gasteiger partial charge >= 0.3 is 0 Å². The van der Waals surface area contributed by atoms with Crippen molar-refractivity contribution in [3.63, 3.8) is 0 Å². The first-order valence-corrected chi connectivity index (χ1v) is 9.83. The number of nitrogens with one attached hydrogen (secondary N) is 4. The zero-order valence-corrected chi connectivity index (χ0v) is 16.3. The van der Waals surface area contributed by atoms with Crippen molar-refractivity contribution in [2.75, 3.05) is 36.8 Å². The zero-order valence-electron chi connectivity index (χ0n) is 16.3. The largest absolute Gasteiger partial charge is 0.326 e. The van der Waals surface area contributed by atoms with Crippen LogP contribution in [0.4, 0.5) is 11.4 Å². The molecule has 0 radical (unpaired) electrons. The van der Waals surface area contributed by atoms with Gasteiger partial charge in [-0.2, -0.15) is 0 Å². The highest BCUT2D eigenvalue weighted by Gasteiger charge is 2.20. The van der Waals surface area contributed by atoms with Crippen molar-refractivity contribution in [1.82, 2.24) is 10.6 Å². The van der Waals surface area contributed by atoms with E-state index in [1.165, 1.54) is 0 Å². The Morgan fingerprint density at radius 2 is 1.17 bits per heavy atom. The first-order chi connectivity index (χ1) is 14.5. The summed E-state index contributed by atoms with van der Waals surface area (Å²) in [6.07, 6.45) is 0.609. The summed E-state index contributed by atoms with van der Waals surface area (Å²) < 4.78 is 0. The highest BCUT2D eigenvalue weighted by atomic mass is 16.2. The lowest BCUT2D eigenvalue weighted by Gasteiger charge is -2.08. The number of rotatable bonds is 9. The predicted molar refractivity (Wildman–Crippen MR) is 112 cm³/mol. The zero-order chi connectivity index (χ0) is 21.1. The molecule has 0 fully saturated rings. The van der Waals surface area contributed by atoms with Crippen LogP contribution in [0.25, 0.3) is 0 Å². The van der Waals surface area contributed by atoms with Crippen LogP contribution >= 0.6 is 0 Å². The summed E-state index contributed by atoms with van der Waals surface area (Å²) in [5, 5.41) is 11.6. The third-order valence-electron chi connectivity index (χ3n) is 5.15. The number of hydrogen-bond acceptors (Lipinski definition) is 6. The second kappa shape index (κ2) is 8.56. The van der Waals surface area contributed by atoms with Crippen LogP contribution in [0.15, 0.2) is 36.4 Å². The third kappa shape index (κ3) is 4.45. The van der Waals surface area contributed by atoms with Crippen LogP contribution < -0.4 is 21.3 Å². The van der Waals surface area contributed by atoms with E-state index in [-0.39, 0.29) is 36.5 Å². The molecule has 0 bridgehead atoms. The Bertz CT molecular complexity index is 964. The van der Waals surface area contributed by atoms with Gasteiger partial charge in [-0.25, -0.2) is 0 Å². The molecule has 2 heterocycles. The number of fused-ring (bicyclic) bond motifs is 2. The van der Waals surface area contributed by atoms with E-state index in [1.54, 1.807) is 36.4 Å². The Morgan fingerprint density at radius 3 is 1.60 bits per heavy atom. The first-order valence-electron chi connectivity index (χ1n) is 9.83.